The van der Waals surface area contributed by atoms with Gasteiger partial charge >= 0.3 is 0 Å². The lowest BCUT2D eigenvalue weighted by molar-refractivity contribution is 0.260. The zero-order valence-corrected chi connectivity index (χ0v) is 10.5. The maximum Gasteiger partial charge on any atom is 0.188 e. The van der Waals surface area contributed by atoms with E-state index >= 15 is 0 Å². The van der Waals surface area contributed by atoms with Crippen molar-refractivity contribution < 1.29 is 10.3 Å². The van der Waals surface area contributed by atoms with Gasteiger partial charge in [0.1, 0.15) is 5.69 Å². The Balaban J connectivity index is 2.48. The highest BCUT2D eigenvalue weighted by Gasteiger charge is 2.03. The normalized spacial score (nSPS) is 13.6. The van der Waals surface area contributed by atoms with E-state index in [9.17, 15) is 0 Å². The minimum absolute atomic E-state index is 0.00509. The first kappa shape index (κ1) is 14.4. The molecule has 1 atom stereocenters. The van der Waals surface area contributed by atoms with Crippen LogP contribution in [-0.4, -0.2) is 34.3 Å². The maximum atomic E-state index is 8.79. The lowest BCUT2D eigenvalue weighted by Gasteiger charge is -2.11. The van der Waals surface area contributed by atoms with Gasteiger partial charge in [0.2, 0.25) is 0 Å². The van der Waals surface area contributed by atoms with Gasteiger partial charge in [-0.2, -0.15) is 0 Å². The third-order valence-electron chi connectivity index (χ3n) is 2.64. The first-order chi connectivity index (χ1) is 8.67. The number of oxime groups is 1. The molecule has 1 rings (SSSR count). The molecule has 1 heterocycles. The third-order valence-corrected chi connectivity index (χ3v) is 2.64. The quantitative estimate of drug-likeness (QED) is 0.241. The smallest absolute Gasteiger partial charge is 0.188 e. The topological polar surface area (TPSA) is 104 Å². The van der Waals surface area contributed by atoms with Crippen LogP contribution in [0.4, 0.5) is 0 Å². The Morgan fingerprint density at radius 3 is 3.06 bits per heavy atom. The molecule has 0 amide bonds. The standard InChI is InChI=1S/C12H20N4O2/c1-9(3-5-17)7-14-8-10-2-4-15-11(6-10)12(13)16-18/h2,4,6,9,14,17-18H,3,5,7-8H2,1H3,(H2,13,16). The summed E-state index contributed by atoms with van der Waals surface area (Å²) in [7, 11) is 0. The van der Waals surface area contributed by atoms with E-state index in [4.69, 9.17) is 16.0 Å². The largest absolute Gasteiger partial charge is 0.409 e. The van der Waals surface area contributed by atoms with Crippen LogP contribution in [0.15, 0.2) is 23.5 Å². The molecule has 0 saturated carbocycles. The van der Waals surface area contributed by atoms with Gasteiger partial charge < -0.3 is 21.4 Å². The van der Waals surface area contributed by atoms with Gasteiger partial charge in [0.05, 0.1) is 0 Å². The molecule has 0 saturated heterocycles. The molecule has 1 aromatic rings. The van der Waals surface area contributed by atoms with Crippen molar-refractivity contribution >= 4 is 5.84 Å². The number of hydrogen-bond donors (Lipinski definition) is 4. The van der Waals surface area contributed by atoms with Crippen molar-refractivity contribution in [2.24, 2.45) is 16.8 Å². The van der Waals surface area contributed by atoms with Gasteiger partial charge in [0.25, 0.3) is 0 Å². The Hall–Kier alpha value is -1.66. The summed E-state index contributed by atoms with van der Waals surface area (Å²) in [6.45, 7) is 3.81. The van der Waals surface area contributed by atoms with Crippen molar-refractivity contribution in [2.75, 3.05) is 13.2 Å². The second kappa shape index (κ2) is 7.62. The molecule has 5 N–H and O–H groups in total. The van der Waals surface area contributed by atoms with Crippen LogP contribution in [0.25, 0.3) is 0 Å². The Morgan fingerprint density at radius 1 is 1.61 bits per heavy atom. The number of aromatic nitrogens is 1. The summed E-state index contributed by atoms with van der Waals surface area (Å²) in [5.74, 6) is 0.436. The van der Waals surface area contributed by atoms with E-state index in [2.05, 4.69) is 22.4 Å². The number of nitrogens with zero attached hydrogens (tertiary/aromatic N) is 2. The number of aliphatic hydroxyl groups is 1. The minimum Gasteiger partial charge on any atom is -0.409 e. The van der Waals surface area contributed by atoms with Gasteiger partial charge in [0, 0.05) is 19.3 Å². The Labute approximate surface area is 107 Å². The average molecular weight is 252 g/mol. The summed E-state index contributed by atoms with van der Waals surface area (Å²) in [6.07, 6.45) is 2.42. The van der Waals surface area contributed by atoms with Crippen LogP contribution in [0.5, 0.6) is 0 Å². The second-order valence-corrected chi connectivity index (χ2v) is 4.28. The fourth-order valence-electron chi connectivity index (χ4n) is 1.56. The predicted molar refractivity (Wildman–Crippen MR) is 69.3 cm³/mol. The van der Waals surface area contributed by atoms with Crippen LogP contribution >= 0.6 is 0 Å². The summed E-state index contributed by atoms with van der Waals surface area (Å²) in [4.78, 5) is 4.01. The van der Waals surface area contributed by atoms with Crippen molar-refractivity contribution in [1.82, 2.24) is 10.3 Å². The molecule has 1 aromatic heterocycles. The van der Waals surface area contributed by atoms with Crippen molar-refractivity contribution in [3.05, 3.63) is 29.6 Å². The van der Waals surface area contributed by atoms with Crippen LogP contribution < -0.4 is 11.1 Å². The Morgan fingerprint density at radius 2 is 2.39 bits per heavy atom. The molecular formula is C12H20N4O2. The van der Waals surface area contributed by atoms with Gasteiger partial charge in [-0.15, -0.1) is 0 Å². The van der Waals surface area contributed by atoms with Crippen LogP contribution in [0.1, 0.15) is 24.6 Å². The van der Waals surface area contributed by atoms with Crippen LogP contribution in [-0.2, 0) is 6.54 Å². The summed E-state index contributed by atoms with van der Waals surface area (Å²) in [5, 5.41) is 23.6. The number of hydrogen-bond acceptors (Lipinski definition) is 5. The molecule has 0 fully saturated rings. The van der Waals surface area contributed by atoms with E-state index < -0.39 is 0 Å². The molecule has 0 radical (unpaired) electrons. The molecule has 0 aliphatic carbocycles. The molecule has 0 spiro atoms. The van der Waals surface area contributed by atoms with Crippen molar-refractivity contribution in [1.29, 1.82) is 0 Å². The molecule has 0 aliphatic rings. The number of aliphatic hydroxyl groups excluding tert-OH is 1. The molecule has 1 unspecified atom stereocenters. The highest BCUT2D eigenvalue weighted by Crippen LogP contribution is 2.03. The second-order valence-electron chi connectivity index (χ2n) is 4.28. The maximum absolute atomic E-state index is 8.79. The summed E-state index contributed by atoms with van der Waals surface area (Å²) in [5.41, 5.74) is 6.94. The van der Waals surface area contributed by atoms with Crippen LogP contribution in [0.2, 0.25) is 0 Å². The van der Waals surface area contributed by atoms with Crippen molar-refractivity contribution in [3.63, 3.8) is 0 Å². The van der Waals surface area contributed by atoms with E-state index in [1.807, 2.05) is 6.07 Å². The SMILES string of the molecule is CC(CCO)CNCc1ccnc(C(N)=NO)c1. The number of amidine groups is 1. The van der Waals surface area contributed by atoms with Gasteiger partial charge in [-0.1, -0.05) is 12.1 Å². The molecule has 100 valence electrons. The fraction of sp³-hybridized carbons (Fsp3) is 0.500. The van der Waals surface area contributed by atoms with E-state index in [1.165, 1.54) is 0 Å². The van der Waals surface area contributed by atoms with Gasteiger partial charge in [0.15, 0.2) is 5.84 Å². The monoisotopic (exact) mass is 252 g/mol. The first-order valence-corrected chi connectivity index (χ1v) is 5.91. The predicted octanol–water partition coefficient (Wildman–Crippen LogP) is 0.284. The van der Waals surface area contributed by atoms with Crippen LogP contribution in [0, 0.1) is 5.92 Å². The molecule has 0 bridgehead atoms. The van der Waals surface area contributed by atoms with E-state index in [1.54, 1.807) is 12.3 Å². The molecule has 6 nitrogen and oxygen atoms in total. The zero-order valence-electron chi connectivity index (χ0n) is 10.5. The van der Waals surface area contributed by atoms with Gasteiger partial charge in [-0.3, -0.25) is 4.98 Å². The lowest BCUT2D eigenvalue weighted by atomic mass is 10.1. The zero-order chi connectivity index (χ0) is 13.4. The van der Waals surface area contributed by atoms with E-state index in [0.29, 0.717) is 18.2 Å². The summed E-state index contributed by atoms with van der Waals surface area (Å²) in [6, 6.07) is 3.65. The number of rotatable bonds is 7. The lowest BCUT2D eigenvalue weighted by Crippen LogP contribution is -2.22. The molecule has 0 aliphatic heterocycles. The summed E-state index contributed by atoms with van der Waals surface area (Å²) < 4.78 is 0. The Bertz CT molecular complexity index is 395. The van der Waals surface area contributed by atoms with Gasteiger partial charge in [-0.05, 0) is 36.6 Å². The first-order valence-electron chi connectivity index (χ1n) is 5.91. The fourth-order valence-corrected chi connectivity index (χ4v) is 1.56. The molecule has 6 heteroatoms. The number of pyridine rings is 1. The Kier molecular flexibility index (Phi) is 6.10. The highest BCUT2D eigenvalue weighted by molar-refractivity contribution is 5.95. The molecule has 0 aromatic carbocycles. The van der Waals surface area contributed by atoms with E-state index in [0.717, 1.165) is 18.5 Å². The van der Waals surface area contributed by atoms with Crippen LogP contribution in [0.3, 0.4) is 0 Å². The average Bonchev–Trinajstić information content (AvgIpc) is 2.38. The third kappa shape index (κ3) is 4.68. The van der Waals surface area contributed by atoms with Crippen molar-refractivity contribution in [3.8, 4) is 0 Å². The summed E-state index contributed by atoms with van der Waals surface area (Å²) >= 11 is 0. The molecular weight excluding hydrogens is 232 g/mol. The number of nitrogens with two attached hydrogens (primary N) is 1. The molecule has 18 heavy (non-hydrogen) atoms. The van der Waals surface area contributed by atoms with E-state index in [-0.39, 0.29) is 12.4 Å². The highest BCUT2D eigenvalue weighted by atomic mass is 16.4. The van der Waals surface area contributed by atoms with Gasteiger partial charge in [-0.25, -0.2) is 0 Å². The van der Waals surface area contributed by atoms with Crippen molar-refractivity contribution in [2.45, 2.75) is 19.9 Å². The minimum atomic E-state index is 0.00509. The number of nitrogens with one attached hydrogen (secondary N) is 1.